The quantitative estimate of drug-likeness (QED) is 0.497. The number of benzene rings is 1. The van der Waals surface area contributed by atoms with Crippen LogP contribution in [-0.4, -0.2) is 48.7 Å². The van der Waals surface area contributed by atoms with Gasteiger partial charge in [-0.1, -0.05) is 24.9 Å². The van der Waals surface area contributed by atoms with Gasteiger partial charge in [-0.3, -0.25) is 0 Å². The highest BCUT2D eigenvalue weighted by molar-refractivity contribution is 7.80. The van der Waals surface area contributed by atoms with Gasteiger partial charge in [0.05, 0.1) is 25.6 Å². The molecule has 0 aliphatic heterocycles. The molecule has 0 radical (unpaired) electrons. The van der Waals surface area contributed by atoms with E-state index in [0.29, 0.717) is 22.4 Å². The van der Waals surface area contributed by atoms with E-state index in [1.54, 1.807) is 19.4 Å². The van der Waals surface area contributed by atoms with E-state index in [1.165, 1.54) is 12.8 Å². The largest absolute Gasteiger partial charge is 0.495 e. The second-order valence-corrected chi connectivity index (χ2v) is 7.61. The first-order chi connectivity index (χ1) is 13.5. The van der Waals surface area contributed by atoms with Crippen LogP contribution in [0.25, 0.3) is 0 Å². The van der Waals surface area contributed by atoms with Gasteiger partial charge in [-0.15, -0.1) is 0 Å². The van der Waals surface area contributed by atoms with Crippen molar-refractivity contribution in [2.24, 2.45) is 0 Å². The molecule has 154 valence electrons. The van der Waals surface area contributed by atoms with Crippen LogP contribution >= 0.6 is 23.8 Å². The summed E-state index contributed by atoms with van der Waals surface area (Å²) < 4.78 is 10.9. The summed E-state index contributed by atoms with van der Waals surface area (Å²) in [7, 11) is 3.80. The van der Waals surface area contributed by atoms with E-state index in [1.807, 2.05) is 24.3 Å². The number of thiocarbonyl (C=S) groups is 1. The molecule has 1 aromatic carbocycles. The van der Waals surface area contributed by atoms with Crippen molar-refractivity contribution in [3.05, 3.63) is 47.4 Å². The average molecular weight is 424 g/mol. The highest BCUT2D eigenvalue weighted by Gasteiger charge is 2.15. The number of hydrogen-bond donors (Lipinski definition) is 1. The fourth-order valence-electron chi connectivity index (χ4n) is 2.89. The third-order valence-corrected chi connectivity index (χ3v) is 5.07. The van der Waals surface area contributed by atoms with Gasteiger partial charge in [0.15, 0.2) is 5.11 Å². The maximum atomic E-state index is 6.14. The molecule has 2 aromatic rings. The minimum Gasteiger partial charge on any atom is -0.495 e. The third kappa shape index (κ3) is 7.34. The van der Waals surface area contributed by atoms with Crippen LogP contribution < -0.4 is 10.1 Å². The van der Waals surface area contributed by atoms with E-state index < -0.39 is 0 Å². The molecule has 7 heteroatoms. The molecular formula is C21H30ClN3O2S. The summed E-state index contributed by atoms with van der Waals surface area (Å²) in [4.78, 5) is 4.48. The van der Waals surface area contributed by atoms with E-state index >= 15 is 0 Å². The molecule has 0 atom stereocenters. The second-order valence-electron chi connectivity index (χ2n) is 6.79. The third-order valence-electron chi connectivity index (χ3n) is 4.48. The molecule has 2 rings (SSSR count). The number of halogens is 1. The van der Waals surface area contributed by atoms with Gasteiger partial charge in [-0.2, -0.15) is 0 Å². The first kappa shape index (κ1) is 22.5. The number of nitrogens with zero attached hydrogens (tertiary/aromatic N) is 2. The predicted molar refractivity (Wildman–Crippen MR) is 120 cm³/mol. The number of methoxy groups -OCH3 is 1. The van der Waals surface area contributed by atoms with Crippen LogP contribution in [0.4, 0.5) is 5.69 Å². The number of rotatable bonds is 11. The van der Waals surface area contributed by atoms with Crippen LogP contribution in [0, 0.1) is 0 Å². The molecule has 1 aromatic heterocycles. The van der Waals surface area contributed by atoms with Crippen LogP contribution in [0.2, 0.25) is 5.02 Å². The Morgan fingerprint density at radius 1 is 1.21 bits per heavy atom. The SMILES string of the molecule is CCCCN(C)CCCN(Cc1ccco1)C(=S)Nc1cc(Cl)ccc1OC. The molecular weight excluding hydrogens is 394 g/mol. The molecule has 0 aliphatic carbocycles. The number of unbranched alkanes of at least 4 members (excludes halogenated alkanes) is 1. The number of hydrogen-bond acceptors (Lipinski definition) is 4. The zero-order valence-electron chi connectivity index (χ0n) is 16.9. The monoisotopic (exact) mass is 423 g/mol. The Hall–Kier alpha value is -1.76. The van der Waals surface area contributed by atoms with Crippen molar-refractivity contribution < 1.29 is 9.15 Å². The van der Waals surface area contributed by atoms with Crippen LogP contribution in [0.3, 0.4) is 0 Å². The van der Waals surface area contributed by atoms with Crippen molar-refractivity contribution in [1.82, 2.24) is 9.80 Å². The summed E-state index contributed by atoms with van der Waals surface area (Å²) in [5, 5.41) is 4.52. The highest BCUT2D eigenvalue weighted by atomic mass is 35.5. The lowest BCUT2D eigenvalue weighted by atomic mass is 10.3. The van der Waals surface area contributed by atoms with Gasteiger partial charge in [0.25, 0.3) is 0 Å². The van der Waals surface area contributed by atoms with Gasteiger partial charge in [0.2, 0.25) is 0 Å². The Kier molecular flexibility index (Phi) is 9.61. The molecule has 1 N–H and O–H groups in total. The number of anilines is 1. The van der Waals surface area contributed by atoms with E-state index in [0.717, 1.165) is 37.5 Å². The van der Waals surface area contributed by atoms with Crippen LogP contribution in [0.5, 0.6) is 5.75 Å². The summed E-state index contributed by atoms with van der Waals surface area (Å²) in [6.45, 7) is 5.80. The van der Waals surface area contributed by atoms with Gasteiger partial charge < -0.3 is 24.3 Å². The topological polar surface area (TPSA) is 40.9 Å². The van der Waals surface area contributed by atoms with Crippen molar-refractivity contribution >= 4 is 34.6 Å². The van der Waals surface area contributed by atoms with Crippen molar-refractivity contribution in [3.8, 4) is 5.75 Å². The van der Waals surface area contributed by atoms with Gasteiger partial charge in [-0.05, 0) is 75.5 Å². The molecule has 0 saturated carbocycles. The highest BCUT2D eigenvalue weighted by Crippen LogP contribution is 2.28. The second kappa shape index (κ2) is 11.9. The first-order valence-corrected chi connectivity index (χ1v) is 10.4. The molecule has 0 spiro atoms. The van der Waals surface area contributed by atoms with Crippen molar-refractivity contribution in [3.63, 3.8) is 0 Å². The lowest BCUT2D eigenvalue weighted by Gasteiger charge is -2.26. The number of nitrogens with one attached hydrogen (secondary N) is 1. The van der Waals surface area contributed by atoms with Gasteiger partial charge in [0, 0.05) is 11.6 Å². The summed E-state index contributed by atoms with van der Waals surface area (Å²) in [6.07, 6.45) is 5.13. The Morgan fingerprint density at radius 3 is 2.68 bits per heavy atom. The fraction of sp³-hybridized carbons (Fsp3) is 0.476. The number of ether oxygens (including phenoxy) is 1. The Bertz CT molecular complexity index is 724. The lowest BCUT2D eigenvalue weighted by molar-refractivity contribution is 0.293. The van der Waals surface area contributed by atoms with E-state index in [-0.39, 0.29) is 0 Å². The van der Waals surface area contributed by atoms with Crippen molar-refractivity contribution in [2.45, 2.75) is 32.7 Å². The predicted octanol–water partition coefficient (Wildman–Crippen LogP) is 5.26. The summed E-state index contributed by atoms with van der Waals surface area (Å²) in [5.41, 5.74) is 0.754. The maximum Gasteiger partial charge on any atom is 0.173 e. The zero-order valence-corrected chi connectivity index (χ0v) is 18.5. The lowest BCUT2D eigenvalue weighted by Crippen LogP contribution is -2.36. The molecule has 28 heavy (non-hydrogen) atoms. The molecule has 1 heterocycles. The Labute approximate surface area is 178 Å². The van der Waals surface area contributed by atoms with Crippen LogP contribution in [0.15, 0.2) is 41.0 Å². The molecule has 0 aliphatic rings. The van der Waals surface area contributed by atoms with Crippen LogP contribution in [-0.2, 0) is 6.54 Å². The van der Waals surface area contributed by atoms with Gasteiger partial charge in [0.1, 0.15) is 11.5 Å². The van der Waals surface area contributed by atoms with E-state index in [4.69, 9.17) is 33.0 Å². The standard InChI is InChI=1S/C21H30ClN3O2S/c1-4-5-11-24(2)12-7-13-25(16-18-8-6-14-27-18)21(28)23-19-15-17(22)9-10-20(19)26-3/h6,8-10,14-15H,4-5,7,11-13,16H2,1-3H3,(H,23,28). The fourth-order valence-corrected chi connectivity index (χ4v) is 3.32. The molecule has 0 bridgehead atoms. The first-order valence-electron chi connectivity index (χ1n) is 9.64. The number of furan rings is 1. The molecule has 0 unspecified atom stereocenters. The summed E-state index contributed by atoms with van der Waals surface area (Å²) in [5.74, 6) is 1.57. The minimum atomic E-state index is 0.611. The Morgan fingerprint density at radius 2 is 2.00 bits per heavy atom. The molecule has 0 saturated heterocycles. The van der Waals surface area contributed by atoms with Gasteiger partial charge >= 0.3 is 0 Å². The summed E-state index contributed by atoms with van der Waals surface area (Å²) >= 11 is 11.8. The van der Waals surface area contributed by atoms with E-state index in [9.17, 15) is 0 Å². The molecule has 5 nitrogen and oxygen atoms in total. The zero-order chi connectivity index (χ0) is 20.4. The summed E-state index contributed by atoms with van der Waals surface area (Å²) in [6, 6.07) is 9.29. The van der Waals surface area contributed by atoms with Crippen LogP contribution in [0.1, 0.15) is 31.9 Å². The molecule has 0 amide bonds. The average Bonchev–Trinajstić information content (AvgIpc) is 3.19. The normalized spacial score (nSPS) is 10.9. The maximum absolute atomic E-state index is 6.14. The minimum absolute atomic E-state index is 0.611. The molecule has 0 fully saturated rings. The smallest absolute Gasteiger partial charge is 0.173 e. The van der Waals surface area contributed by atoms with Crippen molar-refractivity contribution in [2.75, 3.05) is 39.1 Å². The Balaban J connectivity index is 2.01. The van der Waals surface area contributed by atoms with Gasteiger partial charge in [-0.25, -0.2) is 0 Å². The van der Waals surface area contributed by atoms with Crippen molar-refractivity contribution in [1.29, 1.82) is 0 Å². The van der Waals surface area contributed by atoms with E-state index in [2.05, 4.69) is 29.1 Å².